The van der Waals surface area contributed by atoms with E-state index in [1.165, 1.54) is 0 Å². The lowest BCUT2D eigenvalue weighted by Crippen LogP contribution is -2.63. The summed E-state index contributed by atoms with van der Waals surface area (Å²) in [7, 11) is 0. The van der Waals surface area contributed by atoms with Crippen molar-refractivity contribution in [3.05, 3.63) is 12.7 Å². The first-order valence-corrected chi connectivity index (χ1v) is 5.61. The third-order valence-corrected chi connectivity index (χ3v) is 3.41. The van der Waals surface area contributed by atoms with Gasteiger partial charge in [0.2, 0.25) is 5.79 Å². The molecule has 0 amide bonds. The van der Waals surface area contributed by atoms with Gasteiger partial charge in [-0.3, -0.25) is 0 Å². The highest BCUT2D eigenvalue weighted by molar-refractivity contribution is 5.11. The zero-order valence-corrected chi connectivity index (χ0v) is 9.54. The molecular formula is C11H18O6. The molecule has 3 atom stereocenters. The van der Waals surface area contributed by atoms with Crippen LogP contribution in [0.2, 0.25) is 0 Å². The van der Waals surface area contributed by atoms with E-state index in [2.05, 4.69) is 6.58 Å². The highest BCUT2D eigenvalue weighted by atomic mass is 16.8. The minimum absolute atomic E-state index is 0.0243. The van der Waals surface area contributed by atoms with E-state index in [-0.39, 0.29) is 13.0 Å². The van der Waals surface area contributed by atoms with Crippen LogP contribution in [-0.4, -0.2) is 65.3 Å². The molecule has 0 saturated carbocycles. The number of rotatable bonds is 4. The molecule has 0 unspecified atom stereocenters. The number of aliphatic hydroxyl groups is 3. The smallest absolute Gasteiger partial charge is 0.224 e. The molecular weight excluding hydrogens is 228 g/mol. The van der Waals surface area contributed by atoms with Gasteiger partial charge >= 0.3 is 0 Å². The van der Waals surface area contributed by atoms with Gasteiger partial charge in [0.25, 0.3) is 0 Å². The molecule has 6 nitrogen and oxygen atoms in total. The maximum absolute atomic E-state index is 10.1. The summed E-state index contributed by atoms with van der Waals surface area (Å²) >= 11 is 0. The van der Waals surface area contributed by atoms with Crippen molar-refractivity contribution < 1.29 is 29.5 Å². The van der Waals surface area contributed by atoms with Crippen molar-refractivity contribution in [2.24, 2.45) is 0 Å². The Morgan fingerprint density at radius 3 is 2.29 bits per heavy atom. The average Bonchev–Trinajstić information content (AvgIpc) is 2.92. The van der Waals surface area contributed by atoms with E-state index in [4.69, 9.17) is 14.2 Å². The maximum atomic E-state index is 10.1. The Hall–Kier alpha value is -0.500. The first-order valence-electron chi connectivity index (χ1n) is 5.61. The highest BCUT2D eigenvalue weighted by Gasteiger charge is 2.64. The van der Waals surface area contributed by atoms with Crippen LogP contribution in [-0.2, 0) is 14.2 Å². The van der Waals surface area contributed by atoms with Crippen molar-refractivity contribution in [1.29, 1.82) is 0 Å². The van der Waals surface area contributed by atoms with Crippen molar-refractivity contribution in [3.63, 3.8) is 0 Å². The van der Waals surface area contributed by atoms with Crippen molar-refractivity contribution >= 4 is 0 Å². The van der Waals surface area contributed by atoms with E-state index in [0.717, 1.165) is 0 Å². The van der Waals surface area contributed by atoms with Gasteiger partial charge in [0.1, 0.15) is 18.8 Å². The molecule has 2 saturated heterocycles. The van der Waals surface area contributed by atoms with Crippen LogP contribution >= 0.6 is 0 Å². The molecule has 0 aromatic carbocycles. The molecule has 0 aromatic rings. The van der Waals surface area contributed by atoms with Crippen molar-refractivity contribution in [3.8, 4) is 0 Å². The van der Waals surface area contributed by atoms with E-state index >= 15 is 0 Å². The molecule has 0 aliphatic carbocycles. The van der Waals surface area contributed by atoms with Crippen LogP contribution < -0.4 is 0 Å². The Bertz CT molecular complexity index is 288. The predicted molar refractivity (Wildman–Crippen MR) is 57.2 cm³/mol. The monoisotopic (exact) mass is 246 g/mol. The van der Waals surface area contributed by atoms with Gasteiger partial charge in [0.15, 0.2) is 5.60 Å². The summed E-state index contributed by atoms with van der Waals surface area (Å²) in [6.45, 7) is 3.74. The van der Waals surface area contributed by atoms with Crippen molar-refractivity contribution in [1.82, 2.24) is 0 Å². The second-order valence-electron chi connectivity index (χ2n) is 4.31. The molecule has 2 fully saturated rings. The molecule has 3 N–H and O–H groups in total. The lowest BCUT2D eigenvalue weighted by atomic mass is 9.83. The molecule has 2 rings (SSSR count). The molecule has 6 heteroatoms. The number of aliphatic hydroxyl groups excluding tert-OH is 3. The van der Waals surface area contributed by atoms with Gasteiger partial charge in [0, 0.05) is 6.42 Å². The zero-order chi connectivity index (χ0) is 12.5. The molecule has 0 spiro atoms. The second-order valence-corrected chi connectivity index (χ2v) is 4.31. The van der Waals surface area contributed by atoms with Crippen LogP contribution in [0.5, 0.6) is 0 Å². The van der Waals surface area contributed by atoms with Crippen molar-refractivity contribution in [2.75, 3.05) is 26.4 Å². The molecule has 2 heterocycles. The first kappa shape index (κ1) is 12.9. The summed E-state index contributed by atoms with van der Waals surface area (Å²) in [4.78, 5) is 0. The first-order chi connectivity index (χ1) is 8.12. The summed E-state index contributed by atoms with van der Waals surface area (Å²) in [6.07, 6.45) is -0.452. The molecule has 2 aliphatic heterocycles. The van der Waals surface area contributed by atoms with Gasteiger partial charge in [-0.1, -0.05) is 6.08 Å². The molecule has 2 aliphatic rings. The molecule has 98 valence electrons. The second kappa shape index (κ2) is 4.64. The predicted octanol–water partition coefficient (Wildman–Crippen LogP) is -1.21. The number of ether oxygens (including phenoxy) is 3. The van der Waals surface area contributed by atoms with Crippen molar-refractivity contribution in [2.45, 2.75) is 30.0 Å². The van der Waals surface area contributed by atoms with Gasteiger partial charge in [-0.15, -0.1) is 6.58 Å². The Morgan fingerprint density at radius 2 is 1.88 bits per heavy atom. The molecule has 0 bridgehead atoms. The fourth-order valence-corrected chi connectivity index (χ4v) is 2.53. The minimum Gasteiger partial charge on any atom is -0.391 e. The molecule has 0 aromatic heterocycles. The third kappa shape index (κ3) is 1.72. The average molecular weight is 246 g/mol. The van der Waals surface area contributed by atoms with E-state index < -0.39 is 30.2 Å². The van der Waals surface area contributed by atoms with E-state index in [9.17, 15) is 15.3 Å². The summed E-state index contributed by atoms with van der Waals surface area (Å²) in [5.41, 5.74) is -1.31. The standard InChI is InChI=1S/C11H18O6/c1-2-3-10(9(14)8(13)6-17-10)11(7-12)15-4-5-16-11/h2,8-9,12-14H,1,3-7H2/t8-,9+,10-/m0/s1. The quantitative estimate of drug-likeness (QED) is 0.539. The van der Waals surface area contributed by atoms with Gasteiger partial charge in [-0.05, 0) is 0 Å². The van der Waals surface area contributed by atoms with Crippen LogP contribution in [0, 0.1) is 0 Å². The fourth-order valence-electron chi connectivity index (χ4n) is 2.53. The van der Waals surface area contributed by atoms with E-state index in [0.29, 0.717) is 13.2 Å². The minimum atomic E-state index is -1.43. The lowest BCUT2D eigenvalue weighted by molar-refractivity contribution is -0.303. The van der Waals surface area contributed by atoms with Crippen LogP contribution in [0.15, 0.2) is 12.7 Å². The van der Waals surface area contributed by atoms with Gasteiger partial charge < -0.3 is 29.5 Å². The third-order valence-electron chi connectivity index (χ3n) is 3.41. The topological polar surface area (TPSA) is 88.4 Å². The van der Waals surface area contributed by atoms with Gasteiger partial charge in [-0.2, -0.15) is 0 Å². The SMILES string of the molecule is C=CC[C@]1(C2(CO)OCCO2)OC[C@H](O)[C@H]1O. The van der Waals surface area contributed by atoms with E-state index in [1.807, 2.05) is 0 Å². The molecule has 17 heavy (non-hydrogen) atoms. The summed E-state index contributed by atoms with van der Waals surface area (Å²) < 4.78 is 16.4. The normalized spacial score (nSPS) is 40.6. The van der Waals surface area contributed by atoms with E-state index in [1.54, 1.807) is 6.08 Å². The number of hydrogen-bond donors (Lipinski definition) is 3. The molecule has 0 radical (unpaired) electrons. The van der Waals surface area contributed by atoms with Crippen LogP contribution in [0.4, 0.5) is 0 Å². The van der Waals surface area contributed by atoms with Gasteiger partial charge in [0.05, 0.1) is 19.8 Å². The van der Waals surface area contributed by atoms with Crippen LogP contribution in [0.25, 0.3) is 0 Å². The Labute approximate surface area is 99.4 Å². The summed E-state index contributed by atoms with van der Waals surface area (Å²) in [5.74, 6) is -1.43. The van der Waals surface area contributed by atoms with Crippen LogP contribution in [0.1, 0.15) is 6.42 Å². The maximum Gasteiger partial charge on any atom is 0.224 e. The zero-order valence-electron chi connectivity index (χ0n) is 9.54. The number of hydrogen-bond acceptors (Lipinski definition) is 6. The fraction of sp³-hybridized carbons (Fsp3) is 0.818. The largest absolute Gasteiger partial charge is 0.391 e. The van der Waals surface area contributed by atoms with Gasteiger partial charge in [-0.25, -0.2) is 0 Å². The summed E-state index contributed by atoms with van der Waals surface area (Å²) in [6, 6.07) is 0. The Kier molecular flexibility index (Phi) is 3.53. The highest BCUT2D eigenvalue weighted by Crippen LogP contribution is 2.44. The lowest BCUT2D eigenvalue weighted by Gasteiger charge is -2.43. The Balaban J connectivity index is 2.36. The Morgan fingerprint density at radius 1 is 1.24 bits per heavy atom. The van der Waals surface area contributed by atoms with Crippen LogP contribution in [0.3, 0.4) is 0 Å². The summed E-state index contributed by atoms with van der Waals surface area (Å²) in [5, 5.41) is 29.2.